The molecule has 0 aliphatic carbocycles. The average Bonchev–Trinajstić information content (AvgIpc) is 3.01. The molecule has 0 unspecified atom stereocenters. The van der Waals surface area contributed by atoms with Crippen molar-refractivity contribution < 1.29 is 4.79 Å². The van der Waals surface area contributed by atoms with Crippen LogP contribution in [0.5, 0.6) is 0 Å². The van der Waals surface area contributed by atoms with E-state index in [0.29, 0.717) is 17.3 Å². The molecule has 1 aliphatic rings. The van der Waals surface area contributed by atoms with Gasteiger partial charge >= 0.3 is 0 Å². The van der Waals surface area contributed by atoms with E-state index in [1.807, 2.05) is 4.90 Å². The molecule has 0 spiro atoms. The highest BCUT2D eigenvalue weighted by atomic mass is 16.2. The molecule has 6 nitrogen and oxygen atoms in total. The summed E-state index contributed by atoms with van der Waals surface area (Å²) in [6.45, 7) is 3.87. The van der Waals surface area contributed by atoms with Crippen molar-refractivity contribution >= 4 is 5.91 Å². The van der Waals surface area contributed by atoms with Crippen molar-refractivity contribution in [2.75, 3.05) is 13.1 Å². The highest BCUT2D eigenvalue weighted by Gasteiger charge is 2.22. The molecule has 3 heterocycles. The lowest BCUT2D eigenvalue weighted by atomic mass is 9.99. The van der Waals surface area contributed by atoms with Crippen LogP contribution in [0.15, 0.2) is 31.0 Å². The van der Waals surface area contributed by atoms with Crippen LogP contribution in [0.2, 0.25) is 0 Å². The Balaban J connectivity index is 1.83. The summed E-state index contributed by atoms with van der Waals surface area (Å²) in [6, 6.07) is 3.54. The highest BCUT2D eigenvalue weighted by molar-refractivity contribution is 5.94. The molecule has 1 aliphatic heterocycles. The first-order valence-corrected chi connectivity index (χ1v) is 6.84. The predicted octanol–water partition coefficient (Wildman–Crippen LogP) is 1.53. The predicted molar refractivity (Wildman–Crippen MR) is 73.5 cm³/mol. The molecule has 0 saturated carbocycles. The van der Waals surface area contributed by atoms with Crippen molar-refractivity contribution in [2.24, 2.45) is 5.92 Å². The largest absolute Gasteiger partial charge is 0.338 e. The Morgan fingerprint density at radius 1 is 1.35 bits per heavy atom. The lowest BCUT2D eigenvalue weighted by Crippen LogP contribution is -2.39. The maximum absolute atomic E-state index is 12.5. The minimum absolute atomic E-state index is 0.0771. The van der Waals surface area contributed by atoms with Crippen molar-refractivity contribution in [2.45, 2.75) is 19.8 Å². The molecule has 0 bridgehead atoms. The number of pyridine rings is 1. The second-order valence-corrected chi connectivity index (χ2v) is 5.27. The van der Waals surface area contributed by atoms with Crippen LogP contribution < -0.4 is 0 Å². The Labute approximate surface area is 117 Å². The van der Waals surface area contributed by atoms with Gasteiger partial charge in [-0.05, 0) is 30.9 Å². The van der Waals surface area contributed by atoms with E-state index in [-0.39, 0.29) is 5.91 Å². The smallest absolute Gasteiger partial charge is 0.254 e. The maximum Gasteiger partial charge on any atom is 0.254 e. The van der Waals surface area contributed by atoms with Gasteiger partial charge < -0.3 is 4.90 Å². The van der Waals surface area contributed by atoms with Gasteiger partial charge in [0, 0.05) is 24.8 Å². The number of nitrogens with zero attached hydrogens (tertiary/aromatic N) is 5. The van der Waals surface area contributed by atoms with Gasteiger partial charge in [-0.2, -0.15) is 0 Å². The second-order valence-electron chi connectivity index (χ2n) is 5.27. The van der Waals surface area contributed by atoms with E-state index in [2.05, 4.69) is 22.1 Å². The molecule has 1 atom stereocenters. The molecule has 1 fully saturated rings. The van der Waals surface area contributed by atoms with Gasteiger partial charge in [-0.1, -0.05) is 6.92 Å². The SMILES string of the molecule is C[C@@H]1CCCN(C(=O)c2ccnc(-n3cnnc3)c2)C1. The van der Waals surface area contributed by atoms with E-state index in [1.54, 1.807) is 35.6 Å². The normalized spacial score (nSPS) is 19.1. The number of carbonyl (C=O) groups excluding carboxylic acids is 1. The Morgan fingerprint density at radius 3 is 2.90 bits per heavy atom. The Bertz CT molecular complexity index is 595. The lowest BCUT2D eigenvalue weighted by Gasteiger charge is -2.31. The third-order valence-corrected chi connectivity index (χ3v) is 3.62. The first-order valence-electron chi connectivity index (χ1n) is 6.84. The first kappa shape index (κ1) is 12.8. The van der Waals surface area contributed by atoms with Crippen LogP contribution in [0.1, 0.15) is 30.1 Å². The molecule has 104 valence electrons. The standard InChI is InChI=1S/C14H17N5O/c1-11-3-2-6-18(8-11)14(20)12-4-5-15-13(7-12)19-9-16-17-10-19/h4-5,7,9-11H,2-3,6,8H2,1H3/t11-/m1/s1. The number of likely N-dealkylation sites (tertiary alicyclic amines) is 1. The van der Waals surface area contributed by atoms with Crippen molar-refractivity contribution in [1.82, 2.24) is 24.6 Å². The molecule has 0 aromatic carbocycles. The summed E-state index contributed by atoms with van der Waals surface area (Å²) in [5.41, 5.74) is 0.665. The van der Waals surface area contributed by atoms with Gasteiger partial charge in [-0.3, -0.25) is 9.36 Å². The van der Waals surface area contributed by atoms with Gasteiger partial charge in [-0.25, -0.2) is 4.98 Å². The third-order valence-electron chi connectivity index (χ3n) is 3.62. The fraction of sp³-hybridized carbons (Fsp3) is 0.429. The topological polar surface area (TPSA) is 63.9 Å². The quantitative estimate of drug-likeness (QED) is 0.831. The zero-order valence-electron chi connectivity index (χ0n) is 11.4. The lowest BCUT2D eigenvalue weighted by molar-refractivity contribution is 0.0683. The van der Waals surface area contributed by atoms with Gasteiger partial charge in [-0.15, -0.1) is 10.2 Å². The summed E-state index contributed by atoms with van der Waals surface area (Å²) in [5.74, 6) is 1.31. The van der Waals surface area contributed by atoms with Crippen molar-refractivity contribution in [3.8, 4) is 5.82 Å². The number of hydrogen-bond donors (Lipinski definition) is 0. The monoisotopic (exact) mass is 271 g/mol. The van der Waals surface area contributed by atoms with Gasteiger partial charge in [0.25, 0.3) is 5.91 Å². The van der Waals surface area contributed by atoms with Crippen LogP contribution in [0, 0.1) is 5.92 Å². The molecule has 2 aromatic rings. The van der Waals surface area contributed by atoms with Crippen molar-refractivity contribution in [1.29, 1.82) is 0 Å². The Morgan fingerprint density at radius 2 is 2.15 bits per heavy atom. The van der Waals surface area contributed by atoms with Gasteiger partial charge in [0.1, 0.15) is 18.5 Å². The number of amides is 1. The summed E-state index contributed by atoms with van der Waals surface area (Å²) in [7, 11) is 0. The van der Waals surface area contributed by atoms with Crippen LogP contribution in [0.4, 0.5) is 0 Å². The molecule has 20 heavy (non-hydrogen) atoms. The van der Waals surface area contributed by atoms with Gasteiger partial charge in [0.05, 0.1) is 0 Å². The molecular weight excluding hydrogens is 254 g/mol. The molecule has 3 rings (SSSR count). The van der Waals surface area contributed by atoms with Crippen LogP contribution in [0.25, 0.3) is 5.82 Å². The maximum atomic E-state index is 12.5. The molecule has 0 radical (unpaired) electrons. The minimum atomic E-state index is 0.0771. The highest BCUT2D eigenvalue weighted by Crippen LogP contribution is 2.18. The summed E-state index contributed by atoms with van der Waals surface area (Å²) in [5, 5.41) is 7.50. The van der Waals surface area contributed by atoms with Crippen LogP contribution >= 0.6 is 0 Å². The Kier molecular flexibility index (Phi) is 3.45. The first-order chi connectivity index (χ1) is 9.74. The molecular formula is C14H17N5O. The zero-order valence-corrected chi connectivity index (χ0v) is 11.4. The van der Waals surface area contributed by atoms with E-state index < -0.39 is 0 Å². The van der Waals surface area contributed by atoms with Crippen LogP contribution in [0.3, 0.4) is 0 Å². The van der Waals surface area contributed by atoms with Crippen molar-refractivity contribution in [3.05, 3.63) is 36.5 Å². The van der Waals surface area contributed by atoms with E-state index in [9.17, 15) is 4.79 Å². The molecule has 1 amide bonds. The molecule has 6 heteroatoms. The van der Waals surface area contributed by atoms with E-state index in [0.717, 1.165) is 19.5 Å². The van der Waals surface area contributed by atoms with E-state index >= 15 is 0 Å². The van der Waals surface area contributed by atoms with Gasteiger partial charge in [0.2, 0.25) is 0 Å². The second kappa shape index (κ2) is 5.40. The molecule has 0 N–H and O–H groups in total. The van der Waals surface area contributed by atoms with Crippen molar-refractivity contribution in [3.63, 3.8) is 0 Å². The summed E-state index contributed by atoms with van der Waals surface area (Å²) >= 11 is 0. The summed E-state index contributed by atoms with van der Waals surface area (Å²) < 4.78 is 1.69. The Hall–Kier alpha value is -2.24. The number of rotatable bonds is 2. The zero-order chi connectivity index (χ0) is 13.9. The fourth-order valence-corrected chi connectivity index (χ4v) is 2.57. The van der Waals surface area contributed by atoms with Crippen LogP contribution in [-0.4, -0.2) is 43.6 Å². The number of carbonyl (C=O) groups is 1. The van der Waals surface area contributed by atoms with Gasteiger partial charge in [0.15, 0.2) is 0 Å². The summed E-state index contributed by atoms with van der Waals surface area (Å²) in [6.07, 6.45) is 7.07. The van der Waals surface area contributed by atoms with Crippen LogP contribution in [-0.2, 0) is 0 Å². The minimum Gasteiger partial charge on any atom is -0.338 e. The fourth-order valence-electron chi connectivity index (χ4n) is 2.57. The van der Waals surface area contributed by atoms with E-state index in [4.69, 9.17) is 0 Å². The average molecular weight is 271 g/mol. The number of aromatic nitrogens is 4. The summed E-state index contributed by atoms with van der Waals surface area (Å²) in [4.78, 5) is 18.7. The molecule has 1 saturated heterocycles. The third kappa shape index (κ3) is 2.54. The molecule has 2 aromatic heterocycles. The number of hydrogen-bond acceptors (Lipinski definition) is 4. The number of piperidine rings is 1. The van der Waals surface area contributed by atoms with E-state index in [1.165, 1.54) is 6.42 Å².